The number of aliphatic hydroxyl groups is 1. The monoisotopic (exact) mass is 379 g/mol. The first-order chi connectivity index (χ1) is 13.7. The molecule has 3 aromatic carbocycles. The van der Waals surface area contributed by atoms with Crippen LogP contribution in [0.5, 0.6) is 17.2 Å². The van der Waals surface area contributed by atoms with Crippen molar-refractivity contribution in [1.82, 2.24) is 5.32 Å². The summed E-state index contributed by atoms with van der Waals surface area (Å²) >= 11 is 0. The fraction of sp³-hybridized carbons (Fsp3) is 0.227. The van der Waals surface area contributed by atoms with E-state index in [9.17, 15) is 9.90 Å². The molecule has 1 amide bonds. The highest BCUT2D eigenvalue weighted by Gasteiger charge is 2.16. The zero-order chi connectivity index (χ0) is 19.3. The molecule has 1 atom stereocenters. The summed E-state index contributed by atoms with van der Waals surface area (Å²) in [6, 6.07) is 19.0. The Morgan fingerprint density at radius 2 is 1.86 bits per heavy atom. The lowest BCUT2D eigenvalue weighted by molar-refractivity contribution is -0.123. The van der Waals surface area contributed by atoms with Crippen molar-refractivity contribution in [1.29, 1.82) is 0 Å². The molecule has 2 N–H and O–H groups in total. The third-order valence-electron chi connectivity index (χ3n) is 4.61. The summed E-state index contributed by atoms with van der Waals surface area (Å²) in [7, 11) is 0. The molecular weight excluding hydrogens is 358 g/mol. The average molecular weight is 379 g/mol. The second-order valence-corrected chi connectivity index (χ2v) is 6.56. The SMILES string of the molecule is O=C(COc1ccc2ccccc2c1)NCCC(O)c1ccc2c(c1)OCO2. The van der Waals surface area contributed by atoms with Gasteiger partial charge >= 0.3 is 0 Å². The summed E-state index contributed by atoms with van der Waals surface area (Å²) in [6.45, 7) is 0.468. The summed E-state index contributed by atoms with van der Waals surface area (Å²) in [6.07, 6.45) is -0.308. The van der Waals surface area contributed by atoms with E-state index < -0.39 is 6.10 Å². The van der Waals surface area contributed by atoms with Gasteiger partial charge in [0.2, 0.25) is 6.79 Å². The number of aliphatic hydroxyl groups excluding tert-OH is 1. The van der Waals surface area contributed by atoms with E-state index in [1.807, 2.05) is 42.5 Å². The third kappa shape index (κ3) is 4.18. The molecule has 0 saturated carbocycles. The van der Waals surface area contributed by atoms with Crippen molar-refractivity contribution in [2.75, 3.05) is 19.9 Å². The van der Waals surface area contributed by atoms with E-state index in [4.69, 9.17) is 14.2 Å². The molecule has 1 unspecified atom stereocenters. The minimum atomic E-state index is -0.698. The van der Waals surface area contributed by atoms with E-state index in [1.165, 1.54) is 0 Å². The molecule has 0 radical (unpaired) electrons. The van der Waals surface area contributed by atoms with Gasteiger partial charge in [-0.3, -0.25) is 4.79 Å². The lowest BCUT2D eigenvalue weighted by Gasteiger charge is -2.13. The Balaban J connectivity index is 1.23. The maximum Gasteiger partial charge on any atom is 0.257 e. The lowest BCUT2D eigenvalue weighted by atomic mass is 10.1. The van der Waals surface area contributed by atoms with E-state index in [-0.39, 0.29) is 19.3 Å². The molecule has 1 aliphatic heterocycles. The van der Waals surface area contributed by atoms with Crippen molar-refractivity contribution in [3.05, 3.63) is 66.2 Å². The van der Waals surface area contributed by atoms with Gasteiger partial charge in [-0.05, 0) is 47.0 Å². The smallest absolute Gasteiger partial charge is 0.257 e. The van der Waals surface area contributed by atoms with Gasteiger partial charge < -0.3 is 24.6 Å². The summed E-state index contributed by atoms with van der Waals surface area (Å²) in [5.41, 5.74) is 0.728. The molecule has 28 heavy (non-hydrogen) atoms. The molecule has 1 heterocycles. The molecule has 0 saturated heterocycles. The van der Waals surface area contributed by atoms with Crippen LogP contribution in [0.15, 0.2) is 60.7 Å². The summed E-state index contributed by atoms with van der Waals surface area (Å²) in [5, 5.41) is 15.2. The molecule has 6 nitrogen and oxygen atoms in total. The normalized spacial score (nSPS) is 13.3. The predicted molar refractivity (Wildman–Crippen MR) is 105 cm³/mol. The lowest BCUT2D eigenvalue weighted by Crippen LogP contribution is -2.30. The summed E-state index contributed by atoms with van der Waals surface area (Å²) in [4.78, 5) is 12.0. The van der Waals surface area contributed by atoms with Gasteiger partial charge in [0.15, 0.2) is 18.1 Å². The van der Waals surface area contributed by atoms with E-state index in [0.717, 1.165) is 16.3 Å². The quantitative estimate of drug-likeness (QED) is 0.659. The van der Waals surface area contributed by atoms with E-state index in [1.54, 1.807) is 18.2 Å². The predicted octanol–water partition coefficient (Wildman–Crippen LogP) is 3.19. The number of rotatable bonds is 7. The number of hydrogen-bond donors (Lipinski definition) is 2. The highest BCUT2D eigenvalue weighted by atomic mass is 16.7. The summed E-state index contributed by atoms with van der Waals surface area (Å²) < 4.78 is 16.1. The van der Waals surface area contributed by atoms with Crippen molar-refractivity contribution in [2.45, 2.75) is 12.5 Å². The Morgan fingerprint density at radius 1 is 1.04 bits per heavy atom. The van der Waals surface area contributed by atoms with Gasteiger partial charge in [0, 0.05) is 6.54 Å². The Bertz CT molecular complexity index is 988. The zero-order valence-electron chi connectivity index (χ0n) is 15.3. The van der Waals surface area contributed by atoms with Gasteiger partial charge in [0.05, 0.1) is 6.10 Å². The fourth-order valence-corrected chi connectivity index (χ4v) is 3.09. The van der Waals surface area contributed by atoms with Crippen LogP contribution >= 0.6 is 0 Å². The number of hydrogen-bond acceptors (Lipinski definition) is 5. The number of carbonyl (C=O) groups excluding carboxylic acids is 1. The molecule has 0 bridgehead atoms. The van der Waals surface area contributed by atoms with Crippen LogP contribution in [0.1, 0.15) is 18.1 Å². The zero-order valence-corrected chi connectivity index (χ0v) is 15.3. The van der Waals surface area contributed by atoms with Crippen LogP contribution in [-0.2, 0) is 4.79 Å². The topological polar surface area (TPSA) is 77.0 Å². The van der Waals surface area contributed by atoms with Gasteiger partial charge in [-0.25, -0.2) is 0 Å². The van der Waals surface area contributed by atoms with Crippen molar-refractivity contribution in [3.63, 3.8) is 0 Å². The maximum absolute atomic E-state index is 12.0. The highest BCUT2D eigenvalue weighted by Crippen LogP contribution is 2.34. The number of fused-ring (bicyclic) bond motifs is 2. The molecule has 0 spiro atoms. The van der Waals surface area contributed by atoms with Crippen molar-refractivity contribution < 1.29 is 24.1 Å². The van der Waals surface area contributed by atoms with Crippen molar-refractivity contribution in [2.24, 2.45) is 0 Å². The van der Waals surface area contributed by atoms with Crippen LogP contribution in [0.2, 0.25) is 0 Å². The second-order valence-electron chi connectivity index (χ2n) is 6.56. The number of nitrogens with one attached hydrogen (secondary N) is 1. The Kier molecular flexibility index (Phi) is 5.30. The van der Waals surface area contributed by atoms with Crippen LogP contribution in [0, 0.1) is 0 Å². The number of carbonyl (C=O) groups is 1. The van der Waals surface area contributed by atoms with Crippen LogP contribution < -0.4 is 19.5 Å². The van der Waals surface area contributed by atoms with Gasteiger partial charge in [-0.2, -0.15) is 0 Å². The molecule has 1 aliphatic rings. The van der Waals surface area contributed by atoms with Gasteiger partial charge in [-0.15, -0.1) is 0 Å². The largest absolute Gasteiger partial charge is 0.484 e. The van der Waals surface area contributed by atoms with Crippen LogP contribution in [0.25, 0.3) is 10.8 Å². The molecule has 0 aromatic heterocycles. The minimum Gasteiger partial charge on any atom is -0.484 e. The Morgan fingerprint density at radius 3 is 2.75 bits per heavy atom. The summed E-state index contributed by atoms with van der Waals surface area (Å²) in [5.74, 6) is 1.72. The molecule has 4 rings (SSSR count). The second kappa shape index (κ2) is 8.19. The Labute approximate surface area is 162 Å². The van der Waals surface area contributed by atoms with Gasteiger partial charge in [-0.1, -0.05) is 36.4 Å². The standard InChI is InChI=1S/C22H21NO5/c24-19(17-6-8-20-21(12-17)28-14-27-20)9-10-23-22(25)13-26-18-7-5-15-3-1-2-4-16(15)11-18/h1-8,11-12,19,24H,9-10,13-14H2,(H,23,25). The van der Waals surface area contributed by atoms with Crippen molar-refractivity contribution in [3.8, 4) is 17.2 Å². The molecule has 0 aliphatic carbocycles. The van der Waals surface area contributed by atoms with E-state index in [2.05, 4.69) is 5.32 Å². The first-order valence-corrected chi connectivity index (χ1v) is 9.15. The van der Waals surface area contributed by atoms with Crippen LogP contribution in [0.3, 0.4) is 0 Å². The molecule has 0 fully saturated rings. The first-order valence-electron chi connectivity index (χ1n) is 9.15. The van der Waals surface area contributed by atoms with Crippen LogP contribution in [-0.4, -0.2) is 31.0 Å². The van der Waals surface area contributed by atoms with E-state index >= 15 is 0 Å². The average Bonchev–Trinajstić information content (AvgIpc) is 3.20. The first kappa shape index (κ1) is 18.1. The Hall–Kier alpha value is -3.25. The molecule has 3 aromatic rings. The minimum absolute atomic E-state index is 0.0710. The molecule has 6 heteroatoms. The van der Waals surface area contributed by atoms with Gasteiger partial charge in [0.25, 0.3) is 5.91 Å². The van der Waals surface area contributed by atoms with Crippen molar-refractivity contribution >= 4 is 16.7 Å². The molecular formula is C22H21NO5. The number of benzene rings is 3. The third-order valence-corrected chi connectivity index (χ3v) is 4.61. The van der Waals surface area contributed by atoms with Gasteiger partial charge in [0.1, 0.15) is 5.75 Å². The van der Waals surface area contributed by atoms with Crippen LogP contribution in [0.4, 0.5) is 0 Å². The molecule has 144 valence electrons. The number of amides is 1. The maximum atomic E-state index is 12.0. The fourth-order valence-electron chi connectivity index (χ4n) is 3.09. The highest BCUT2D eigenvalue weighted by molar-refractivity contribution is 5.84. The number of ether oxygens (including phenoxy) is 3. The van der Waals surface area contributed by atoms with E-state index in [0.29, 0.717) is 30.2 Å².